The number of furan rings is 1. The number of pyridine rings is 1. The number of aryl methyl sites for hydroxylation is 2. The largest absolute Gasteiger partial charge is 0.455 e. The Bertz CT molecular complexity index is 1100. The van der Waals surface area contributed by atoms with Crippen LogP contribution in [0.2, 0.25) is 0 Å². The van der Waals surface area contributed by atoms with E-state index in [0.717, 1.165) is 35.4 Å². The molecule has 0 bridgehead atoms. The van der Waals surface area contributed by atoms with Gasteiger partial charge in [0, 0.05) is 23.7 Å². The van der Waals surface area contributed by atoms with E-state index in [0.29, 0.717) is 22.7 Å². The summed E-state index contributed by atoms with van der Waals surface area (Å²) in [4.78, 5) is 29.7. The molecule has 2 amide bonds. The van der Waals surface area contributed by atoms with Crippen LogP contribution in [0.4, 0.5) is 5.82 Å². The lowest BCUT2D eigenvalue weighted by Crippen LogP contribution is -2.21. The summed E-state index contributed by atoms with van der Waals surface area (Å²) >= 11 is 1.36. The van der Waals surface area contributed by atoms with Crippen molar-refractivity contribution < 1.29 is 14.0 Å². The number of hydrazone groups is 1. The second kappa shape index (κ2) is 8.00. The van der Waals surface area contributed by atoms with Crippen molar-refractivity contribution in [1.82, 2.24) is 10.4 Å². The van der Waals surface area contributed by atoms with Gasteiger partial charge in [0.1, 0.15) is 11.6 Å². The Hall–Kier alpha value is -3.26. The van der Waals surface area contributed by atoms with Crippen molar-refractivity contribution in [3.63, 3.8) is 0 Å². The number of amides is 2. The second-order valence-electron chi connectivity index (χ2n) is 6.86. The average Bonchev–Trinajstić information content (AvgIpc) is 3.35. The molecule has 8 heteroatoms. The fourth-order valence-electron chi connectivity index (χ4n) is 3.36. The molecule has 3 aromatic heterocycles. The number of anilines is 1. The lowest BCUT2D eigenvalue weighted by atomic mass is 9.93. The van der Waals surface area contributed by atoms with Crippen LogP contribution in [0.3, 0.4) is 0 Å². The first-order chi connectivity index (χ1) is 14.0. The van der Waals surface area contributed by atoms with Gasteiger partial charge >= 0.3 is 0 Å². The van der Waals surface area contributed by atoms with Crippen LogP contribution in [0.15, 0.2) is 45.4 Å². The molecule has 4 rings (SSSR count). The predicted octanol–water partition coefficient (Wildman–Crippen LogP) is 4.08. The molecular weight excluding hydrogens is 388 g/mol. The van der Waals surface area contributed by atoms with Gasteiger partial charge in [0.05, 0.1) is 10.6 Å². The van der Waals surface area contributed by atoms with E-state index in [9.17, 15) is 9.59 Å². The first-order valence-corrected chi connectivity index (χ1v) is 10.2. The van der Waals surface area contributed by atoms with Gasteiger partial charge in [-0.05, 0) is 55.8 Å². The van der Waals surface area contributed by atoms with E-state index in [1.807, 2.05) is 31.4 Å². The molecule has 148 valence electrons. The third-order valence-electron chi connectivity index (χ3n) is 4.73. The van der Waals surface area contributed by atoms with E-state index in [-0.39, 0.29) is 17.6 Å². The van der Waals surface area contributed by atoms with Gasteiger partial charge in [-0.25, -0.2) is 10.4 Å². The Morgan fingerprint density at radius 1 is 1.21 bits per heavy atom. The number of aromatic nitrogens is 1. The van der Waals surface area contributed by atoms with E-state index in [1.54, 1.807) is 18.3 Å². The molecule has 3 aromatic rings. The number of hydrogen-bond donors (Lipinski definition) is 2. The van der Waals surface area contributed by atoms with Crippen molar-refractivity contribution in [2.45, 2.75) is 33.1 Å². The Kier molecular flexibility index (Phi) is 5.26. The highest BCUT2D eigenvalue weighted by Gasteiger charge is 2.28. The molecule has 29 heavy (non-hydrogen) atoms. The fraction of sp³-hybridized carbons (Fsp3) is 0.238. The minimum atomic E-state index is -0.350. The molecule has 0 spiro atoms. The maximum atomic E-state index is 12.7. The smallest absolute Gasteiger partial charge is 0.292 e. The molecule has 0 saturated heterocycles. The van der Waals surface area contributed by atoms with Crippen LogP contribution in [0.1, 0.15) is 55.5 Å². The summed E-state index contributed by atoms with van der Waals surface area (Å²) in [5, 5.41) is 8.95. The molecule has 0 fully saturated rings. The number of hydrogen-bond acceptors (Lipinski definition) is 6. The number of rotatable bonds is 4. The Morgan fingerprint density at radius 2 is 2.07 bits per heavy atom. The third-order valence-corrected chi connectivity index (χ3v) is 5.59. The third kappa shape index (κ3) is 3.97. The van der Waals surface area contributed by atoms with Crippen molar-refractivity contribution >= 4 is 34.7 Å². The SMILES string of the molecule is Cc1ccnc(NC(=O)c2oc3c(c2C)/C(=N/NC(=O)c2cccs2)CCC3)c1. The van der Waals surface area contributed by atoms with Gasteiger partial charge in [-0.1, -0.05) is 6.07 Å². The van der Waals surface area contributed by atoms with Gasteiger partial charge in [0.25, 0.3) is 11.8 Å². The van der Waals surface area contributed by atoms with Crippen LogP contribution in [0, 0.1) is 13.8 Å². The van der Waals surface area contributed by atoms with Crippen LogP contribution < -0.4 is 10.7 Å². The Labute approximate surface area is 171 Å². The number of carbonyl (C=O) groups is 2. The summed E-state index contributed by atoms with van der Waals surface area (Å²) in [6, 6.07) is 7.22. The highest BCUT2D eigenvalue weighted by molar-refractivity contribution is 7.12. The van der Waals surface area contributed by atoms with E-state index in [1.165, 1.54) is 11.3 Å². The lowest BCUT2D eigenvalue weighted by molar-refractivity contribution is 0.0957. The average molecular weight is 408 g/mol. The highest BCUT2D eigenvalue weighted by Crippen LogP contribution is 2.30. The zero-order valence-corrected chi connectivity index (χ0v) is 16.9. The molecule has 1 aliphatic carbocycles. The molecule has 7 nitrogen and oxygen atoms in total. The topological polar surface area (TPSA) is 96.6 Å². The van der Waals surface area contributed by atoms with E-state index < -0.39 is 0 Å². The summed E-state index contributed by atoms with van der Waals surface area (Å²) in [6.07, 6.45) is 3.92. The molecule has 0 radical (unpaired) electrons. The maximum absolute atomic E-state index is 12.7. The monoisotopic (exact) mass is 408 g/mol. The molecule has 0 saturated carbocycles. The molecule has 0 aliphatic heterocycles. The van der Waals surface area contributed by atoms with Crippen LogP contribution in [0.5, 0.6) is 0 Å². The van der Waals surface area contributed by atoms with Gasteiger partial charge < -0.3 is 9.73 Å². The molecule has 3 heterocycles. The molecule has 0 atom stereocenters. The maximum Gasteiger partial charge on any atom is 0.292 e. The zero-order valence-electron chi connectivity index (χ0n) is 16.1. The molecule has 1 aliphatic rings. The van der Waals surface area contributed by atoms with Gasteiger partial charge in [-0.3, -0.25) is 9.59 Å². The molecular formula is C21H20N4O3S. The van der Waals surface area contributed by atoms with Gasteiger partial charge in [0.15, 0.2) is 5.76 Å². The number of nitrogens with zero attached hydrogens (tertiary/aromatic N) is 2. The van der Waals surface area contributed by atoms with Crippen molar-refractivity contribution in [1.29, 1.82) is 0 Å². The minimum Gasteiger partial charge on any atom is -0.455 e. The van der Waals surface area contributed by atoms with Crippen molar-refractivity contribution in [3.8, 4) is 0 Å². The first-order valence-electron chi connectivity index (χ1n) is 9.30. The van der Waals surface area contributed by atoms with Crippen molar-refractivity contribution in [3.05, 3.63) is 68.9 Å². The molecule has 0 aromatic carbocycles. The number of nitrogens with one attached hydrogen (secondary N) is 2. The highest BCUT2D eigenvalue weighted by atomic mass is 32.1. The molecule has 2 N–H and O–H groups in total. The number of fused-ring (bicyclic) bond motifs is 1. The normalized spacial score (nSPS) is 14.5. The number of thiophene rings is 1. The predicted molar refractivity (Wildman–Crippen MR) is 112 cm³/mol. The van der Waals surface area contributed by atoms with Crippen LogP contribution in [0.25, 0.3) is 0 Å². The number of carbonyl (C=O) groups excluding carboxylic acids is 2. The first kappa shape index (κ1) is 19.1. The van der Waals surface area contributed by atoms with Gasteiger partial charge in [0.2, 0.25) is 0 Å². The van der Waals surface area contributed by atoms with Gasteiger partial charge in [-0.2, -0.15) is 5.10 Å². The second-order valence-corrected chi connectivity index (χ2v) is 7.80. The van der Waals surface area contributed by atoms with Crippen molar-refractivity contribution in [2.24, 2.45) is 5.10 Å². The molecule has 0 unspecified atom stereocenters. The van der Waals surface area contributed by atoms with Crippen LogP contribution in [-0.4, -0.2) is 22.5 Å². The minimum absolute atomic E-state index is 0.246. The lowest BCUT2D eigenvalue weighted by Gasteiger charge is -2.13. The Balaban J connectivity index is 1.58. The summed E-state index contributed by atoms with van der Waals surface area (Å²) in [5.74, 6) is 0.847. The van der Waals surface area contributed by atoms with E-state index in [4.69, 9.17) is 4.42 Å². The fourth-order valence-corrected chi connectivity index (χ4v) is 3.97. The van der Waals surface area contributed by atoms with E-state index in [2.05, 4.69) is 20.8 Å². The standard InChI is InChI=1S/C21H20N4O3S/c1-12-8-9-22-17(11-12)23-21(27)19-13(2)18-14(5-3-6-15(18)28-19)24-25-20(26)16-7-4-10-29-16/h4,7-11H,3,5-6H2,1-2H3,(H,25,26)(H,22,23,27)/b24-14+. The summed E-state index contributed by atoms with van der Waals surface area (Å²) in [6.45, 7) is 3.77. The van der Waals surface area contributed by atoms with E-state index >= 15 is 0 Å². The van der Waals surface area contributed by atoms with Crippen LogP contribution in [-0.2, 0) is 6.42 Å². The summed E-state index contributed by atoms with van der Waals surface area (Å²) in [5.41, 5.74) is 5.87. The zero-order chi connectivity index (χ0) is 20.4. The van der Waals surface area contributed by atoms with Crippen molar-refractivity contribution in [2.75, 3.05) is 5.32 Å². The summed E-state index contributed by atoms with van der Waals surface area (Å²) < 4.78 is 5.88. The van der Waals surface area contributed by atoms with Crippen LogP contribution >= 0.6 is 11.3 Å². The summed E-state index contributed by atoms with van der Waals surface area (Å²) in [7, 11) is 0. The van der Waals surface area contributed by atoms with Gasteiger partial charge in [-0.15, -0.1) is 11.3 Å². The Morgan fingerprint density at radius 3 is 2.83 bits per heavy atom. The quantitative estimate of drug-likeness (QED) is 0.636.